The molecule has 2 fully saturated rings. The van der Waals surface area contributed by atoms with Crippen LogP contribution in [0.4, 0.5) is 0 Å². The van der Waals surface area contributed by atoms with Gasteiger partial charge in [-0.2, -0.15) is 0 Å². The topological polar surface area (TPSA) is 68.1 Å². The molecule has 6 nitrogen and oxygen atoms in total. The molecular formula is C18H25N2O4S+. The molecule has 0 aliphatic carbocycles. The van der Waals surface area contributed by atoms with Crippen LogP contribution < -0.4 is 9.64 Å². The SMILES string of the molecule is O=C([C@H]1CCS(=O)(=O)C1)N1CC[NH+](Cc2ccc3c(c2)CCO3)CC1. The van der Waals surface area contributed by atoms with E-state index in [1.54, 1.807) is 0 Å². The normalized spacial score (nSPS) is 25.6. The van der Waals surface area contributed by atoms with E-state index >= 15 is 0 Å². The van der Waals surface area contributed by atoms with Crippen molar-refractivity contribution in [3.05, 3.63) is 29.3 Å². The van der Waals surface area contributed by atoms with Crippen molar-refractivity contribution >= 4 is 15.7 Å². The fraction of sp³-hybridized carbons (Fsp3) is 0.611. The van der Waals surface area contributed by atoms with Gasteiger partial charge in [0.25, 0.3) is 0 Å². The third kappa shape index (κ3) is 3.67. The predicted molar refractivity (Wildman–Crippen MR) is 93.4 cm³/mol. The quantitative estimate of drug-likeness (QED) is 0.768. The van der Waals surface area contributed by atoms with Crippen molar-refractivity contribution in [3.63, 3.8) is 0 Å². The van der Waals surface area contributed by atoms with Gasteiger partial charge in [0.2, 0.25) is 5.91 Å². The van der Waals surface area contributed by atoms with E-state index in [2.05, 4.69) is 18.2 Å². The van der Waals surface area contributed by atoms with Crippen LogP contribution in [-0.4, -0.2) is 63.5 Å². The zero-order valence-electron chi connectivity index (χ0n) is 14.4. The Hall–Kier alpha value is -1.60. The third-order valence-electron chi connectivity index (χ3n) is 5.57. The van der Waals surface area contributed by atoms with Crippen molar-refractivity contribution in [2.45, 2.75) is 19.4 Å². The largest absolute Gasteiger partial charge is 0.493 e. The maximum atomic E-state index is 12.5. The van der Waals surface area contributed by atoms with Gasteiger partial charge in [0.05, 0.1) is 50.2 Å². The van der Waals surface area contributed by atoms with Crippen LogP contribution in [0.15, 0.2) is 18.2 Å². The highest BCUT2D eigenvalue weighted by Gasteiger charge is 2.36. The van der Waals surface area contributed by atoms with Gasteiger partial charge in [0.1, 0.15) is 12.3 Å². The number of amides is 1. The summed E-state index contributed by atoms with van der Waals surface area (Å²) in [4.78, 5) is 15.9. The van der Waals surface area contributed by atoms with Crippen molar-refractivity contribution in [2.75, 3.05) is 44.3 Å². The predicted octanol–water partition coefficient (Wildman–Crippen LogP) is -0.717. The lowest BCUT2D eigenvalue weighted by atomic mass is 10.1. The van der Waals surface area contributed by atoms with E-state index in [9.17, 15) is 13.2 Å². The van der Waals surface area contributed by atoms with Crippen LogP contribution in [0.1, 0.15) is 17.5 Å². The summed E-state index contributed by atoms with van der Waals surface area (Å²) in [5.74, 6) is 0.936. The van der Waals surface area contributed by atoms with Crippen molar-refractivity contribution in [3.8, 4) is 5.75 Å². The summed E-state index contributed by atoms with van der Waals surface area (Å²) >= 11 is 0. The number of carbonyl (C=O) groups excluding carboxylic acids is 1. The van der Waals surface area contributed by atoms with Crippen molar-refractivity contribution in [2.24, 2.45) is 5.92 Å². The molecule has 1 atom stereocenters. The Balaban J connectivity index is 1.30. The van der Waals surface area contributed by atoms with E-state index in [1.165, 1.54) is 16.0 Å². The number of ether oxygens (including phenoxy) is 1. The highest BCUT2D eigenvalue weighted by atomic mass is 32.2. The fourth-order valence-corrected chi connectivity index (χ4v) is 5.84. The maximum absolute atomic E-state index is 12.5. The third-order valence-corrected chi connectivity index (χ3v) is 7.34. The number of hydrogen-bond acceptors (Lipinski definition) is 4. The Morgan fingerprint density at radius 3 is 2.80 bits per heavy atom. The second kappa shape index (κ2) is 6.61. The van der Waals surface area contributed by atoms with Gasteiger partial charge in [-0.1, -0.05) is 0 Å². The molecule has 3 aliphatic heterocycles. The second-order valence-corrected chi connectivity index (χ2v) is 9.62. The number of carbonyl (C=O) groups is 1. The highest BCUT2D eigenvalue weighted by molar-refractivity contribution is 7.91. The summed E-state index contributed by atoms with van der Waals surface area (Å²) < 4.78 is 28.7. The van der Waals surface area contributed by atoms with Crippen LogP contribution in [0, 0.1) is 5.92 Å². The minimum absolute atomic E-state index is 0.0369. The van der Waals surface area contributed by atoms with Gasteiger partial charge in [0.15, 0.2) is 9.84 Å². The number of nitrogens with one attached hydrogen (secondary N) is 1. The Kier molecular flexibility index (Phi) is 4.45. The van der Waals surface area contributed by atoms with Gasteiger partial charge in [0, 0.05) is 12.0 Å². The fourth-order valence-electron chi connectivity index (χ4n) is 4.11. The first-order valence-electron chi connectivity index (χ1n) is 9.07. The molecule has 0 bridgehead atoms. The van der Waals surface area contributed by atoms with Crippen molar-refractivity contribution in [1.82, 2.24) is 4.90 Å². The number of fused-ring (bicyclic) bond motifs is 1. The molecule has 0 spiro atoms. The van der Waals surface area contributed by atoms with Crippen LogP contribution in [-0.2, 0) is 27.6 Å². The summed E-state index contributed by atoms with van der Waals surface area (Å²) in [6.07, 6.45) is 1.48. The molecule has 1 amide bonds. The average molecular weight is 365 g/mol. The number of quaternary nitrogens is 1. The highest BCUT2D eigenvalue weighted by Crippen LogP contribution is 2.25. The lowest BCUT2D eigenvalue weighted by Crippen LogP contribution is -3.13. The van der Waals surface area contributed by atoms with Gasteiger partial charge in [-0.25, -0.2) is 8.42 Å². The molecule has 4 rings (SSSR count). The van der Waals surface area contributed by atoms with E-state index in [1.807, 2.05) is 4.90 Å². The molecule has 0 unspecified atom stereocenters. The molecular weight excluding hydrogens is 340 g/mol. The number of hydrogen-bond donors (Lipinski definition) is 1. The number of sulfone groups is 1. The molecule has 3 heterocycles. The molecule has 7 heteroatoms. The lowest BCUT2D eigenvalue weighted by Gasteiger charge is -2.33. The minimum atomic E-state index is -3.00. The van der Waals surface area contributed by atoms with E-state index in [-0.39, 0.29) is 23.3 Å². The van der Waals surface area contributed by atoms with E-state index < -0.39 is 9.84 Å². The molecule has 1 N–H and O–H groups in total. The Morgan fingerprint density at radius 2 is 2.08 bits per heavy atom. The smallest absolute Gasteiger partial charge is 0.227 e. The first-order chi connectivity index (χ1) is 12.0. The molecule has 1 aromatic carbocycles. The zero-order valence-corrected chi connectivity index (χ0v) is 15.2. The van der Waals surface area contributed by atoms with E-state index in [0.29, 0.717) is 6.42 Å². The van der Waals surface area contributed by atoms with E-state index in [4.69, 9.17) is 4.74 Å². The van der Waals surface area contributed by atoms with Gasteiger partial charge >= 0.3 is 0 Å². The van der Waals surface area contributed by atoms with Crippen LogP contribution in [0.2, 0.25) is 0 Å². The van der Waals surface area contributed by atoms with Crippen LogP contribution in [0.5, 0.6) is 5.75 Å². The first-order valence-corrected chi connectivity index (χ1v) is 10.9. The Labute approximate surface area is 148 Å². The summed E-state index contributed by atoms with van der Waals surface area (Å²) in [6, 6.07) is 6.45. The Bertz CT molecular complexity index is 769. The lowest BCUT2D eigenvalue weighted by molar-refractivity contribution is -0.917. The molecule has 25 heavy (non-hydrogen) atoms. The number of piperazine rings is 1. The number of nitrogens with zero attached hydrogens (tertiary/aromatic N) is 1. The summed E-state index contributed by atoms with van der Waals surface area (Å²) in [5.41, 5.74) is 2.62. The van der Waals surface area contributed by atoms with Crippen LogP contribution in [0.25, 0.3) is 0 Å². The van der Waals surface area contributed by atoms with Crippen LogP contribution >= 0.6 is 0 Å². The first kappa shape index (κ1) is 16.8. The maximum Gasteiger partial charge on any atom is 0.227 e. The van der Waals surface area contributed by atoms with Crippen molar-refractivity contribution < 1.29 is 22.8 Å². The molecule has 0 radical (unpaired) electrons. The second-order valence-electron chi connectivity index (χ2n) is 7.39. The number of benzene rings is 1. The van der Waals surface area contributed by atoms with Gasteiger partial charge in [-0.05, 0) is 30.2 Å². The average Bonchev–Trinajstić information content (AvgIpc) is 3.20. The molecule has 0 saturated carbocycles. The molecule has 1 aromatic rings. The van der Waals surface area contributed by atoms with Gasteiger partial charge < -0.3 is 14.5 Å². The monoisotopic (exact) mass is 365 g/mol. The van der Waals surface area contributed by atoms with E-state index in [0.717, 1.165) is 51.5 Å². The Morgan fingerprint density at radius 1 is 1.28 bits per heavy atom. The summed E-state index contributed by atoms with van der Waals surface area (Å²) in [7, 11) is -3.00. The zero-order chi connectivity index (χ0) is 17.4. The summed E-state index contributed by atoms with van der Waals surface area (Å²) in [5, 5.41) is 0. The number of rotatable bonds is 3. The molecule has 2 saturated heterocycles. The standard InChI is InChI=1S/C18H24N2O4S/c21-18(16-4-10-25(22,23)13-16)20-7-5-19(6-8-20)12-14-1-2-17-15(11-14)3-9-24-17/h1-2,11,16H,3-10,12-13H2/p+1/t16-/m0/s1. The minimum Gasteiger partial charge on any atom is -0.493 e. The molecule has 0 aromatic heterocycles. The molecule has 136 valence electrons. The molecule has 3 aliphatic rings. The van der Waals surface area contributed by atoms with Crippen LogP contribution in [0.3, 0.4) is 0 Å². The van der Waals surface area contributed by atoms with Gasteiger partial charge in [-0.3, -0.25) is 4.79 Å². The summed E-state index contributed by atoms with van der Waals surface area (Å²) in [6.45, 7) is 5.02. The van der Waals surface area contributed by atoms with Gasteiger partial charge in [-0.15, -0.1) is 0 Å². The van der Waals surface area contributed by atoms with Crippen molar-refractivity contribution in [1.29, 1.82) is 0 Å².